The van der Waals surface area contributed by atoms with Gasteiger partial charge in [-0.25, -0.2) is 18.2 Å². The largest absolute Gasteiger partial charge is 0.508 e. The number of hydrogen-bond acceptors (Lipinski definition) is 9. The molecule has 0 aliphatic carbocycles. The monoisotopic (exact) mass is 644 g/mol. The first kappa shape index (κ1) is 30.0. The summed E-state index contributed by atoms with van der Waals surface area (Å²) in [6, 6.07) is 8.47. The van der Waals surface area contributed by atoms with Crippen molar-refractivity contribution in [1.82, 2.24) is 25.2 Å². The molecule has 3 N–H and O–H groups in total. The average Bonchev–Trinajstić information content (AvgIpc) is 3.54. The number of nitrogens with one attached hydrogen (secondary N) is 2. The van der Waals surface area contributed by atoms with Gasteiger partial charge in [0.2, 0.25) is 5.88 Å². The van der Waals surface area contributed by atoms with Gasteiger partial charge in [-0.2, -0.15) is 9.97 Å². The molecule has 3 fully saturated rings. The molecule has 244 valence electrons. The van der Waals surface area contributed by atoms with Crippen molar-refractivity contribution in [1.29, 1.82) is 0 Å². The third-order valence-corrected chi connectivity index (χ3v) is 10.5. The van der Waals surface area contributed by atoms with Crippen molar-refractivity contribution in [2.75, 3.05) is 31.6 Å². The van der Waals surface area contributed by atoms with Gasteiger partial charge in [0, 0.05) is 54.0 Å². The first-order valence-corrected chi connectivity index (χ1v) is 16.1. The number of nitrogens with zero attached hydrogens (tertiary/aromatic N) is 4. The number of aromatic hydroxyl groups is 1. The molecule has 0 amide bonds. The standard InChI is InChI=1S/C35H35F3N6O3/c1-4-19-7-6-8-20-11-22(45)13-24(26(19)20)29-28(36)30-27-31(39-14-21-12-23(25(5-2)40-21)18(3)47-32(27)41-29)43-33(42-30)46-17-34-9-10-44(34)16-35(37,38)15-34/h1,6-8,11,13,18,21,23,25,40,45H,5,9-10,12,14-17H2,2-3H3,(H,39,42,43)/t18-,21+,23+,25-,34-/m0/s1. The molecule has 6 heterocycles. The molecule has 0 unspecified atom stereocenters. The van der Waals surface area contributed by atoms with E-state index in [1.807, 2.05) is 6.92 Å². The molecule has 4 aliphatic rings. The predicted octanol–water partition coefficient (Wildman–Crippen LogP) is 5.48. The van der Waals surface area contributed by atoms with Gasteiger partial charge in [0.25, 0.3) is 5.92 Å². The molecule has 0 spiro atoms. The van der Waals surface area contributed by atoms with Crippen molar-refractivity contribution in [3.63, 3.8) is 0 Å². The molecule has 47 heavy (non-hydrogen) atoms. The number of ether oxygens (including phenoxy) is 2. The van der Waals surface area contributed by atoms with E-state index in [2.05, 4.69) is 33.4 Å². The number of anilines is 1. The number of hydrogen-bond donors (Lipinski definition) is 3. The van der Waals surface area contributed by atoms with Crippen LogP contribution in [0.4, 0.5) is 19.0 Å². The lowest BCUT2D eigenvalue weighted by atomic mass is 9.85. The molecule has 5 atom stereocenters. The number of phenolic OH excluding ortho intramolecular Hbond substituents is 1. The summed E-state index contributed by atoms with van der Waals surface area (Å²) in [6.45, 7) is 4.82. The number of phenols is 1. The van der Waals surface area contributed by atoms with Gasteiger partial charge in [0.15, 0.2) is 5.82 Å². The predicted molar refractivity (Wildman–Crippen MR) is 172 cm³/mol. The fraction of sp³-hybridized carbons (Fsp3) is 0.457. The van der Waals surface area contributed by atoms with Gasteiger partial charge >= 0.3 is 6.01 Å². The SMILES string of the molecule is C#Cc1cccc2cc(O)cc(-c3nc4c5c(nc(OC[C@@]67CCN6CC(F)(F)C7)nc5c3F)NC[C@H]3C[C@@H]([C@H](CC)N3)[C@H](C)O4)c12. The molecule has 9 nitrogen and oxygen atoms in total. The molecular weight excluding hydrogens is 609 g/mol. The topological polar surface area (TPSA) is 105 Å². The second kappa shape index (κ2) is 10.9. The summed E-state index contributed by atoms with van der Waals surface area (Å²) in [5, 5.41) is 19.1. The molecular formula is C35H35F3N6O3. The van der Waals surface area contributed by atoms with Crippen LogP contribution in [0.25, 0.3) is 32.9 Å². The number of terminal acetylenes is 1. The smallest absolute Gasteiger partial charge is 0.319 e. The van der Waals surface area contributed by atoms with Gasteiger partial charge in [-0.1, -0.05) is 25.0 Å². The summed E-state index contributed by atoms with van der Waals surface area (Å²) in [7, 11) is 0. The number of alkyl halides is 2. The van der Waals surface area contributed by atoms with Gasteiger partial charge in [-0.3, -0.25) is 4.90 Å². The zero-order chi connectivity index (χ0) is 32.7. The van der Waals surface area contributed by atoms with E-state index in [9.17, 15) is 13.9 Å². The van der Waals surface area contributed by atoms with E-state index >= 15 is 4.39 Å². The highest BCUT2D eigenvalue weighted by Crippen LogP contribution is 2.48. The number of pyridine rings is 1. The molecule has 4 aliphatic heterocycles. The van der Waals surface area contributed by atoms with Crippen molar-refractivity contribution < 1.29 is 27.8 Å². The maximum atomic E-state index is 17.0. The van der Waals surface area contributed by atoms with E-state index in [0.717, 1.165) is 12.8 Å². The quantitative estimate of drug-likeness (QED) is 0.244. The highest BCUT2D eigenvalue weighted by Gasteiger charge is 2.60. The Balaban J connectivity index is 1.31. The molecule has 0 saturated carbocycles. The van der Waals surface area contributed by atoms with E-state index in [1.165, 1.54) is 6.07 Å². The normalized spacial score (nSPS) is 27.8. The van der Waals surface area contributed by atoms with Crippen LogP contribution >= 0.6 is 0 Å². The summed E-state index contributed by atoms with van der Waals surface area (Å²) >= 11 is 0. The summed E-state index contributed by atoms with van der Waals surface area (Å²) in [5.74, 6) is -0.434. The van der Waals surface area contributed by atoms with Crippen molar-refractivity contribution in [3.05, 3.63) is 41.7 Å². The van der Waals surface area contributed by atoms with Crippen molar-refractivity contribution in [3.8, 4) is 41.2 Å². The molecule has 12 heteroatoms. The molecule has 2 aromatic carbocycles. The minimum Gasteiger partial charge on any atom is -0.508 e. The van der Waals surface area contributed by atoms with Crippen molar-refractivity contribution >= 4 is 27.5 Å². The van der Waals surface area contributed by atoms with E-state index in [0.29, 0.717) is 35.8 Å². The molecule has 2 bridgehead atoms. The molecule has 2 aromatic heterocycles. The molecule has 0 radical (unpaired) electrons. The maximum Gasteiger partial charge on any atom is 0.319 e. The molecule has 4 aromatic rings. The van der Waals surface area contributed by atoms with Gasteiger partial charge in [-0.15, -0.1) is 6.42 Å². The van der Waals surface area contributed by atoms with Gasteiger partial charge in [0.05, 0.1) is 12.1 Å². The fourth-order valence-corrected chi connectivity index (χ4v) is 8.11. The Morgan fingerprint density at radius 3 is 2.81 bits per heavy atom. The second-order valence-corrected chi connectivity index (χ2v) is 13.4. The summed E-state index contributed by atoms with van der Waals surface area (Å²) in [5.41, 5.74) is -0.244. The van der Waals surface area contributed by atoms with Crippen LogP contribution in [0.1, 0.15) is 45.1 Å². The van der Waals surface area contributed by atoms with Crippen LogP contribution in [0.15, 0.2) is 30.3 Å². The minimum atomic E-state index is -2.80. The van der Waals surface area contributed by atoms with Crippen LogP contribution in [-0.4, -0.2) is 80.8 Å². The second-order valence-electron chi connectivity index (χ2n) is 13.4. The summed E-state index contributed by atoms with van der Waals surface area (Å²) < 4.78 is 58.3. The Kier molecular flexibility index (Phi) is 6.93. The highest BCUT2D eigenvalue weighted by atomic mass is 19.3. The lowest BCUT2D eigenvalue weighted by Crippen LogP contribution is -2.59. The van der Waals surface area contributed by atoms with Gasteiger partial charge < -0.3 is 25.2 Å². The van der Waals surface area contributed by atoms with E-state index in [1.54, 1.807) is 29.2 Å². The number of halogens is 3. The van der Waals surface area contributed by atoms with Crippen LogP contribution in [0.3, 0.4) is 0 Å². The molecule has 3 saturated heterocycles. The number of benzene rings is 2. The van der Waals surface area contributed by atoms with Gasteiger partial charge in [0.1, 0.15) is 40.9 Å². The van der Waals surface area contributed by atoms with E-state index in [4.69, 9.17) is 20.9 Å². The number of fused-ring (bicyclic) bond motifs is 4. The van der Waals surface area contributed by atoms with Crippen LogP contribution in [0, 0.1) is 24.1 Å². The first-order valence-electron chi connectivity index (χ1n) is 16.1. The Bertz CT molecular complexity index is 1970. The fourth-order valence-electron chi connectivity index (χ4n) is 8.11. The Morgan fingerprint density at radius 1 is 1.21 bits per heavy atom. The minimum absolute atomic E-state index is 0.0553. The lowest BCUT2D eigenvalue weighted by molar-refractivity contribution is -0.0132. The summed E-state index contributed by atoms with van der Waals surface area (Å²) in [4.78, 5) is 15.7. The van der Waals surface area contributed by atoms with Crippen molar-refractivity contribution in [2.45, 2.75) is 69.2 Å². The Morgan fingerprint density at radius 2 is 2.06 bits per heavy atom. The number of rotatable bonds is 5. The van der Waals surface area contributed by atoms with Crippen LogP contribution in [0.5, 0.6) is 17.6 Å². The average molecular weight is 645 g/mol. The lowest BCUT2D eigenvalue weighted by Gasteiger charge is -2.46. The third-order valence-electron chi connectivity index (χ3n) is 10.5. The zero-order valence-corrected chi connectivity index (χ0v) is 26.1. The number of aromatic nitrogens is 3. The Hall–Kier alpha value is -4.34. The van der Waals surface area contributed by atoms with E-state index in [-0.39, 0.29) is 89.3 Å². The third kappa shape index (κ3) is 4.90. The maximum absolute atomic E-state index is 17.0. The highest BCUT2D eigenvalue weighted by molar-refractivity contribution is 6.03. The van der Waals surface area contributed by atoms with Crippen LogP contribution in [-0.2, 0) is 0 Å². The zero-order valence-electron chi connectivity index (χ0n) is 26.1. The first-order chi connectivity index (χ1) is 22.6. The van der Waals surface area contributed by atoms with E-state index < -0.39 is 17.3 Å². The molecule has 8 rings (SSSR count). The van der Waals surface area contributed by atoms with Gasteiger partial charge in [-0.05, 0) is 49.8 Å². The van der Waals surface area contributed by atoms with Crippen LogP contribution < -0.4 is 20.1 Å². The van der Waals surface area contributed by atoms with Crippen LogP contribution in [0.2, 0.25) is 0 Å². The Labute approximate surface area is 269 Å². The van der Waals surface area contributed by atoms with Crippen molar-refractivity contribution in [2.24, 2.45) is 5.92 Å². The summed E-state index contributed by atoms with van der Waals surface area (Å²) in [6.07, 6.45) is 7.57.